The van der Waals surface area contributed by atoms with Crippen LogP contribution in [-0.4, -0.2) is 29.4 Å². The zero-order valence-corrected chi connectivity index (χ0v) is 21.7. The molecule has 0 bridgehead atoms. The summed E-state index contributed by atoms with van der Waals surface area (Å²) in [5, 5.41) is 0. The molecule has 0 radical (unpaired) electrons. The molecule has 0 atom stereocenters. The smallest absolute Gasteiger partial charge is 0.472 e. The number of sulfonamides is 1. The van der Waals surface area contributed by atoms with Crippen molar-refractivity contribution in [2.24, 2.45) is 5.73 Å². The summed E-state index contributed by atoms with van der Waals surface area (Å²) >= 11 is 3.54. The lowest BCUT2D eigenvalue weighted by atomic mass is 10.0. The molecule has 1 aromatic carbocycles. The number of nitrogens with one attached hydrogen (secondary N) is 1. The summed E-state index contributed by atoms with van der Waals surface area (Å²) in [7, 11) is -5.68. The molecular formula is C24H20BrF3N4O4S. The van der Waals surface area contributed by atoms with Gasteiger partial charge in [-0.2, -0.15) is 21.6 Å². The maximum atomic E-state index is 13.2. The summed E-state index contributed by atoms with van der Waals surface area (Å²) in [6.07, 6.45) is 4.75. The topological polar surface area (TPSA) is 120 Å². The third-order valence-corrected chi connectivity index (χ3v) is 8.20. The fourth-order valence-corrected chi connectivity index (χ4v) is 5.86. The Hall–Kier alpha value is -3.32. The number of hydrogen-bond donors (Lipinski definition) is 2. The molecule has 1 amide bonds. The van der Waals surface area contributed by atoms with Gasteiger partial charge in [0.1, 0.15) is 11.5 Å². The molecule has 3 N–H and O–H groups in total. The number of nitrogens with zero attached hydrogens (tertiary/aromatic N) is 2. The Morgan fingerprint density at radius 3 is 2.57 bits per heavy atom. The average Bonchev–Trinajstić information content (AvgIpc) is 3.56. The minimum absolute atomic E-state index is 0.118. The molecule has 1 aromatic heterocycles. The van der Waals surface area contributed by atoms with Crippen LogP contribution in [0.1, 0.15) is 46.3 Å². The summed E-state index contributed by atoms with van der Waals surface area (Å²) in [4.78, 5) is 17.0. The Morgan fingerprint density at radius 1 is 1.22 bits per heavy atom. The molecule has 2 heterocycles. The van der Waals surface area contributed by atoms with Gasteiger partial charge >= 0.3 is 15.5 Å². The van der Waals surface area contributed by atoms with E-state index in [1.165, 1.54) is 30.7 Å². The second kappa shape index (κ2) is 8.91. The number of alkyl halides is 3. The lowest BCUT2D eigenvalue weighted by Gasteiger charge is -2.17. The molecular weight excluding hydrogens is 577 g/mol. The van der Waals surface area contributed by atoms with Gasteiger partial charge in [0, 0.05) is 27.1 Å². The van der Waals surface area contributed by atoms with Gasteiger partial charge in [-0.05, 0) is 59.0 Å². The number of anilines is 1. The molecule has 1 saturated carbocycles. The summed E-state index contributed by atoms with van der Waals surface area (Å²) in [6, 6.07) is 7.49. The fourth-order valence-electron chi connectivity index (χ4n) is 4.52. The van der Waals surface area contributed by atoms with Crippen LogP contribution in [0.3, 0.4) is 0 Å². The molecule has 1 fully saturated rings. The van der Waals surface area contributed by atoms with Gasteiger partial charge in [0.25, 0.3) is 5.91 Å². The molecule has 13 heteroatoms. The molecule has 8 nitrogen and oxygen atoms in total. The van der Waals surface area contributed by atoms with E-state index in [0.717, 1.165) is 12.8 Å². The highest BCUT2D eigenvalue weighted by Gasteiger charge is 2.46. The van der Waals surface area contributed by atoms with Gasteiger partial charge in [-0.25, -0.2) is 4.98 Å². The van der Waals surface area contributed by atoms with E-state index in [0.29, 0.717) is 38.2 Å². The maximum Gasteiger partial charge on any atom is 0.516 e. The number of aryl methyl sites for hydroxylation is 1. The van der Waals surface area contributed by atoms with Gasteiger partial charge < -0.3 is 14.7 Å². The second-order valence-electron chi connectivity index (χ2n) is 8.78. The molecule has 5 rings (SSSR count). The van der Waals surface area contributed by atoms with Crippen molar-refractivity contribution < 1.29 is 30.8 Å². The van der Waals surface area contributed by atoms with Gasteiger partial charge in [0.15, 0.2) is 0 Å². The van der Waals surface area contributed by atoms with Crippen LogP contribution in [0.15, 0.2) is 51.7 Å². The van der Waals surface area contributed by atoms with Gasteiger partial charge in [-0.1, -0.05) is 18.2 Å². The van der Waals surface area contributed by atoms with E-state index in [2.05, 4.69) is 20.9 Å². The van der Waals surface area contributed by atoms with E-state index in [4.69, 9.17) is 10.2 Å². The van der Waals surface area contributed by atoms with Crippen LogP contribution in [0.25, 0.3) is 22.3 Å². The van der Waals surface area contributed by atoms with E-state index in [1.54, 1.807) is 28.3 Å². The molecule has 194 valence electrons. The number of benzene rings is 1. The largest absolute Gasteiger partial charge is 0.516 e. The van der Waals surface area contributed by atoms with E-state index >= 15 is 0 Å². The monoisotopic (exact) mass is 596 g/mol. The number of aromatic nitrogens is 2. The van der Waals surface area contributed by atoms with Crippen LogP contribution in [0.4, 0.5) is 18.9 Å². The van der Waals surface area contributed by atoms with Gasteiger partial charge in [-0.15, -0.1) is 0 Å². The van der Waals surface area contributed by atoms with Gasteiger partial charge in [0.2, 0.25) is 0 Å². The maximum absolute atomic E-state index is 13.2. The van der Waals surface area contributed by atoms with Crippen LogP contribution in [0.5, 0.6) is 0 Å². The molecule has 3 aliphatic rings. The number of rotatable bonds is 7. The molecule has 2 aromatic rings. The van der Waals surface area contributed by atoms with E-state index in [-0.39, 0.29) is 29.4 Å². The molecule has 1 aliphatic heterocycles. The van der Waals surface area contributed by atoms with E-state index < -0.39 is 21.4 Å². The van der Waals surface area contributed by atoms with Crippen LogP contribution in [0.2, 0.25) is 0 Å². The van der Waals surface area contributed by atoms with Crippen molar-refractivity contribution in [1.82, 2.24) is 9.55 Å². The molecule has 0 unspecified atom stereocenters. The molecule has 2 aliphatic carbocycles. The van der Waals surface area contributed by atoms with Crippen molar-refractivity contribution in [3.05, 3.63) is 70.1 Å². The number of fused-ring (bicyclic) bond motifs is 1. The van der Waals surface area contributed by atoms with E-state index in [9.17, 15) is 26.4 Å². The Balaban J connectivity index is 1.74. The number of carbonyl (C=O) groups is 1. The molecule has 0 saturated heterocycles. The van der Waals surface area contributed by atoms with Gasteiger partial charge in [-0.3, -0.25) is 9.52 Å². The zero-order valence-electron chi connectivity index (χ0n) is 19.3. The van der Waals surface area contributed by atoms with Crippen LogP contribution in [0, 0.1) is 6.92 Å². The number of hydrogen-bond acceptors (Lipinski definition) is 5. The first-order valence-corrected chi connectivity index (χ1v) is 13.4. The van der Waals surface area contributed by atoms with Crippen molar-refractivity contribution in [3.63, 3.8) is 0 Å². The fraction of sp³-hybridized carbons (Fsp3) is 0.250. The summed E-state index contributed by atoms with van der Waals surface area (Å²) in [5.74, 6) is 0.219. The highest BCUT2D eigenvalue weighted by Crippen LogP contribution is 2.49. The number of nitrogens with two attached hydrogens (primary N) is 1. The predicted molar refractivity (Wildman–Crippen MR) is 134 cm³/mol. The quantitative estimate of drug-likeness (QED) is 0.287. The normalized spacial score (nSPS) is 14.3. The zero-order chi connectivity index (χ0) is 26.7. The van der Waals surface area contributed by atoms with Crippen LogP contribution >= 0.6 is 15.9 Å². The minimum Gasteiger partial charge on any atom is -0.472 e. The summed E-state index contributed by atoms with van der Waals surface area (Å²) in [6.45, 7) is 1.81. The molecule has 37 heavy (non-hydrogen) atoms. The van der Waals surface area contributed by atoms with Crippen molar-refractivity contribution in [3.8, 4) is 22.3 Å². The average molecular weight is 597 g/mol. The van der Waals surface area contributed by atoms with Crippen molar-refractivity contribution in [2.75, 3.05) is 4.72 Å². The summed E-state index contributed by atoms with van der Waals surface area (Å²) < 4.78 is 72.7. The Bertz CT molecular complexity index is 1610. The lowest BCUT2D eigenvalue weighted by molar-refractivity contribution is -0.0429. The highest BCUT2D eigenvalue weighted by molar-refractivity contribution is 9.10. The Morgan fingerprint density at radius 2 is 1.92 bits per heavy atom. The second-order valence-corrected chi connectivity index (χ2v) is 11.2. The third-order valence-electron chi connectivity index (χ3n) is 6.28. The first kappa shape index (κ1) is 25.3. The SMILES string of the molecule is Cc1nc(C2CC2)n(Cc2c3ccocc-3c(Br)c2-c2ccccc2NS(=O)(=O)C(F)(F)F)c1C(N)=O. The van der Waals surface area contributed by atoms with Gasteiger partial charge in [0.05, 0.1) is 30.5 Å². The predicted octanol–water partition coefficient (Wildman–Crippen LogP) is 5.60. The number of primary amides is 1. The van der Waals surface area contributed by atoms with Crippen LogP contribution < -0.4 is 10.5 Å². The number of imidazole rings is 1. The Kier molecular flexibility index (Phi) is 6.10. The van der Waals surface area contributed by atoms with Crippen molar-refractivity contribution >= 4 is 37.5 Å². The first-order chi connectivity index (χ1) is 17.4. The number of halogens is 4. The number of carbonyl (C=O) groups excluding carboxylic acids is 1. The number of para-hydroxylation sites is 1. The van der Waals surface area contributed by atoms with Crippen molar-refractivity contribution in [2.45, 2.75) is 37.7 Å². The summed E-state index contributed by atoms with van der Waals surface area (Å²) in [5.41, 5.74) is 3.26. The number of amides is 1. The van der Waals surface area contributed by atoms with Crippen LogP contribution in [-0.2, 0) is 16.6 Å². The van der Waals surface area contributed by atoms with E-state index in [1.807, 2.05) is 0 Å². The first-order valence-electron chi connectivity index (χ1n) is 11.1. The van der Waals surface area contributed by atoms with Crippen molar-refractivity contribution in [1.29, 1.82) is 0 Å². The standard InChI is InChI=1S/C24H20BrF3N4O4S/c1-12-21(22(29)33)32(23(30-12)13-6-7-13)10-16-14-8-9-36-11-17(14)20(25)19(16)15-4-2-3-5-18(15)31-37(34,35)24(26,27)28/h2-5,8-9,11,13,31H,6-7,10H2,1H3,(H2,29,33). The third kappa shape index (κ3) is 4.39. The Labute approximate surface area is 218 Å². The molecule has 0 spiro atoms. The lowest BCUT2D eigenvalue weighted by Crippen LogP contribution is -2.30. The highest BCUT2D eigenvalue weighted by atomic mass is 79.9. The minimum atomic E-state index is -5.68.